The van der Waals surface area contributed by atoms with E-state index in [0.717, 1.165) is 18.6 Å². The third-order valence-corrected chi connectivity index (χ3v) is 2.80. The van der Waals surface area contributed by atoms with E-state index in [0.29, 0.717) is 17.2 Å². The van der Waals surface area contributed by atoms with Crippen molar-refractivity contribution < 1.29 is 9.53 Å². The smallest absolute Gasteiger partial charge is 0.346 e. The minimum Gasteiger partial charge on any atom is -0.462 e. The Hall–Kier alpha value is -0.640. The van der Waals surface area contributed by atoms with Gasteiger partial charge in [-0.1, -0.05) is 0 Å². The highest BCUT2D eigenvalue weighted by atomic mass is 32.2. The van der Waals surface area contributed by atoms with Crippen LogP contribution in [-0.2, 0) is 9.53 Å². The molecule has 1 rings (SSSR count). The fraction of sp³-hybridized carbons (Fsp3) is 0.625. The number of carbonyl (C=O) groups excluding carboxylic acids is 1. The minimum absolute atomic E-state index is 0.264. The molecule has 0 saturated carbocycles. The van der Waals surface area contributed by atoms with Gasteiger partial charge in [0, 0.05) is 5.70 Å². The Morgan fingerprint density at radius 1 is 1.75 bits per heavy atom. The molecule has 68 valence electrons. The Bertz CT molecular complexity index is 213. The topological polar surface area (TPSA) is 52.3 Å². The van der Waals surface area contributed by atoms with Crippen LogP contribution in [0.2, 0.25) is 0 Å². The summed E-state index contributed by atoms with van der Waals surface area (Å²) in [7, 11) is 0. The van der Waals surface area contributed by atoms with Crippen LogP contribution < -0.4 is 5.73 Å². The summed E-state index contributed by atoms with van der Waals surface area (Å²) in [6.45, 7) is 2.21. The van der Waals surface area contributed by atoms with E-state index in [1.165, 1.54) is 11.8 Å². The van der Waals surface area contributed by atoms with Crippen molar-refractivity contribution in [3.63, 3.8) is 0 Å². The molecule has 12 heavy (non-hydrogen) atoms. The van der Waals surface area contributed by atoms with E-state index in [1.54, 1.807) is 6.92 Å². The second kappa shape index (κ2) is 4.40. The summed E-state index contributed by atoms with van der Waals surface area (Å²) in [5.74, 6) is 0.703. The molecule has 4 heteroatoms. The molecule has 0 aromatic carbocycles. The SMILES string of the molecule is CCOC(=O)C1=C(N)CCCS1. The molecule has 0 fully saturated rings. The average Bonchev–Trinajstić information content (AvgIpc) is 2.05. The number of hydrogen-bond donors (Lipinski definition) is 1. The fourth-order valence-corrected chi connectivity index (χ4v) is 1.99. The first-order chi connectivity index (χ1) is 5.75. The van der Waals surface area contributed by atoms with E-state index in [-0.39, 0.29) is 5.97 Å². The summed E-state index contributed by atoms with van der Waals surface area (Å²) in [5.41, 5.74) is 6.35. The maximum absolute atomic E-state index is 11.2. The second-order valence-electron chi connectivity index (χ2n) is 2.53. The number of esters is 1. The molecule has 0 unspecified atom stereocenters. The highest BCUT2D eigenvalue weighted by molar-refractivity contribution is 8.04. The lowest BCUT2D eigenvalue weighted by Gasteiger charge is -2.14. The zero-order chi connectivity index (χ0) is 8.97. The van der Waals surface area contributed by atoms with E-state index in [2.05, 4.69) is 0 Å². The van der Waals surface area contributed by atoms with Gasteiger partial charge in [0.25, 0.3) is 0 Å². The largest absolute Gasteiger partial charge is 0.462 e. The Kier molecular flexibility index (Phi) is 3.47. The average molecular weight is 187 g/mol. The summed E-state index contributed by atoms with van der Waals surface area (Å²) >= 11 is 1.50. The van der Waals surface area contributed by atoms with Gasteiger partial charge in [-0.3, -0.25) is 0 Å². The van der Waals surface area contributed by atoms with Gasteiger partial charge < -0.3 is 10.5 Å². The molecule has 0 atom stereocenters. The molecule has 1 aliphatic rings. The van der Waals surface area contributed by atoms with Gasteiger partial charge >= 0.3 is 5.97 Å². The van der Waals surface area contributed by atoms with Gasteiger partial charge in [-0.2, -0.15) is 0 Å². The van der Waals surface area contributed by atoms with Gasteiger partial charge in [0.05, 0.1) is 6.61 Å². The summed E-state index contributed by atoms with van der Waals surface area (Å²) in [5, 5.41) is 0. The van der Waals surface area contributed by atoms with E-state index in [9.17, 15) is 4.79 Å². The number of rotatable bonds is 2. The lowest BCUT2D eigenvalue weighted by atomic mass is 10.2. The van der Waals surface area contributed by atoms with Gasteiger partial charge in [0.1, 0.15) is 4.91 Å². The summed E-state index contributed by atoms with van der Waals surface area (Å²) in [6.07, 6.45) is 1.88. The van der Waals surface area contributed by atoms with Crippen molar-refractivity contribution in [1.82, 2.24) is 0 Å². The molecular weight excluding hydrogens is 174 g/mol. The van der Waals surface area contributed by atoms with Gasteiger partial charge in [-0.15, -0.1) is 11.8 Å². The van der Waals surface area contributed by atoms with Crippen molar-refractivity contribution in [2.24, 2.45) is 5.73 Å². The van der Waals surface area contributed by atoms with Crippen molar-refractivity contribution in [2.75, 3.05) is 12.4 Å². The number of nitrogens with two attached hydrogens (primary N) is 1. The molecule has 0 radical (unpaired) electrons. The maximum Gasteiger partial charge on any atom is 0.346 e. The van der Waals surface area contributed by atoms with Gasteiger partial charge in [0.2, 0.25) is 0 Å². The highest BCUT2D eigenvalue weighted by Gasteiger charge is 2.18. The third kappa shape index (κ3) is 2.17. The standard InChI is InChI=1S/C8H13NO2S/c1-2-11-8(10)7-6(9)4-3-5-12-7/h2-5,9H2,1H3. The zero-order valence-corrected chi connectivity index (χ0v) is 7.95. The first kappa shape index (κ1) is 9.45. The number of ether oxygens (including phenoxy) is 1. The van der Waals surface area contributed by atoms with Crippen molar-refractivity contribution in [1.29, 1.82) is 0 Å². The van der Waals surface area contributed by atoms with Crippen LogP contribution in [0.5, 0.6) is 0 Å². The third-order valence-electron chi connectivity index (χ3n) is 1.59. The molecule has 0 aromatic rings. The van der Waals surface area contributed by atoms with E-state index in [4.69, 9.17) is 10.5 Å². The van der Waals surface area contributed by atoms with Crippen LogP contribution >= 0.6 is 11.8 Å². The van der Waals surface area contributed by atoms with Gasteiger partial charge in [0.15, 0.2) is 0 Å². The first-order valence-corrected chi connectivity index (χ1v) is 5.02. The minimum atomic E-state index is -0.264. The van der Waals surface area contributed by atoms with Crippen molar-refractivity contribution in [2.45, 2.75) is 19.8 Å². The van der Waals surface area contributed by atoms with Gasteiger partial charge in [-0.05, 0) is 25.5 Å². The predicted octanol–water partition coefficient (Wildman–Crippen LogP) is 1.25. The van der Waals surface area contributed by atoms with Crippen LogP contribution in [0.3, 0.4) is 0 Å². The molecule has 2 N–H and O–H groups in total. The Morgan fingerprint density at radius 2 is 2.50 bits per heavy atom. The number of allylic oxidation sites excluding steroid dienone is 1. The lowest BCUT2D eigenvalue weighted by molar-refractivity contribution is -0.137. The van der Waals surface area contributed by atoms with Crippen LogP contribution in [0.1, 0.15) is 19.8 Å². The van der Waals surface area contributed by atoms with Crippen LogP contribution in [0.15, 0.2) is 10.6 Å². The van der Waals surface area contributed by atoms with Crippen LogP contribution in [0.4, 0.5) is 0 Å². The first-order valence-electron chi connectivity index (χ1n) is 4.04. The van der Waals surface area contributed by atoms with Crippen LogP contribution in [0.25, 0.3) is 0 Å². The predicted molar refractivity (Wildman–Crippen MR) is 49.5 cm³/mol. The quantitative estimate of drug-likeness (QED) is 0.661. The molecule has 1 aliphatic heterocycles. The molecule has 0 bridgehead atoms. The normalized spacial score (nSPS) is 17.8. The van der Waals surface area contributed by atoms with Crippen molar-refractivity contribution in [3.05, 3.63) is 10.6 Å². The number of hydrogen-bond acceptors (Lipinski definition) is 4. The second-order valence-corrected chi connectivity index (χ2v) is 3.63. The van der Waals surface area contributed by atoms with E-state index < -0.39 is 0 Å². The van der Waals surface area contributed by atoms with E-state index >= 15 is 0 Å². The molecule has 0 aromatic heterocycles. The molecule has 3 nitrogen and oxygen atoms in total. The molecule has 0 saturated heterocycles. The Balaban J connectivity index is 2.64. The van der Waals surface area contributed by atoms with E-state index in [1.807, 2.05) is 0 Å². The van der Waals surface area contributed by atoms with Crippen LogP contribution in [0, 0.1) is 0 Å². The zero-order valence-electron chi connectivity index (χ0n) is 7.13. The molecule has 1 heterocycles. The summed E-state index contributed by atoms with van der Waals surface area (Å²) in [6, 6.07) is 0. The number of thioether (sulfide) groups is 1. The van der Waals surface area contributed by atoms with Gasteiger partial charge in [-0.25, -0.2) is 4.79 Å². The monoisotopic (exact) mass is 187 g/mol. The number of carbonyl (C=O) groups is 1. The summed E-state index contributed by atoms with van der Waals surface area (Å²) < 4.78 is 4.85. The highest BCUT2D eigenvalue weighted by Crippen LogP contribution is 2.27. The fourth-order valence-electron chi connectivity index (χ4n) is 1.03. The Morgan fingerprint density at radius 3 is 3.08 bits per heavy atom. The molecular formula is C8H13NO2S. The summed E-state index contributed by atoms with van der Waals surface area (Å²) in [4.78, 5) is 11.8. The molecule has 0 amide bonds. The van der Waals surface area contributed by atoms with Crippen molar-refractivity contribution >= 4 is 17.7 Å². The molecule has 0 spiro atoms. The van der Waals surface area contributed by atoms with Crippen LogP contribution in [-0.4, -0.2) is 18.3 Å². The maximum atomic E-state index is 11.2. The lowest BCUT2D eigenvalue weighted by Crippen LogP contribution is -2.15. The Labute approximate surface area is 76.3 Å². The van der Waals surface area contributed by atoms with Crippen molar-refractivity contribution in [3.8, 4) is 0 Å². The molecule has 0 aliphatic carbocycles.